The Bertz CT molecular complexity index is 1630. The SMILES string of the molecule is O=C(NCc1ccccc1)C1CN(C(=O)COc2ccc(S(=O)(=O)Nc3ccc(Br)cc3)cc2)c2ccccc2O1. The van der Waals surface area contributed by atoms with Crippen molar-refractivity contribution in [1.29, 1.82) is 0 Å². The molecule has 2 amide bonds. The maximum atomic E-state index is 13.2. The molecule has 1 unspecified atom stereocenters. The lowest BCUT2D eigenvalue weighted by atomic mass is 10.1. The molecule has 0 fully saturated rings. The number of halogens is 1. The molecule has 1 heterocycles. The number of amides is 2. The van der Waals surface area contributed by atoms with E-state index in [1.807, 2.05) is 30.3 Å². The molecule has 41 heavy (non-hydrogen) atoms. The van der Waals surface area contributed by atoms with Crippen LogP contribution < -0.4 is 24.4 Å². The fourth-order valence-electron chi connectivity index (χ4n) is 4.18. The molecule has 1 aliphatic rings. The molecule has 210 valence electrons. The molecule has 4 aromatic rings. The van der Waals surface area contributed by atoms with Crippen LogP contribution in [0.15, 0.2) is 112 Å². The third-order valence-electron chi connectivity index (χ3n) is 6.27. The Morgan fingerprint density at radius 1 is 0.902 bits per heavy atom. The van der Waals surface area contributed by atoms with E-state index < -0.39 is 16.1 Å². The van der Waals surface area contributed by atoms with Crippen LogP contribution in [-0.2, 0) is 26.2 Å². The van der Waals surface area contributed by atoms with E-state index in [9.17, 15) is 18.0 Å². The van der Waals surface area contributed by atoms with Gasteiger partial charge in [0, 0.05) is 16.7 Å². The Morgan fingerprint density at radius 3 is 2.32 bits per heavy atom. The average molecular weight is 637 g/mol. The average Bonchev–Trinajstić information content (AvgIpc) is 3.00. The summed E-state index contributed by atoms with van der Waals surface area (Å²) in [7, 11) is -3.81. The smallest absolute Gasteiger partial charge is 0.265 e. The van der Waals surface area contributed by atoms with Gasteiger partial charge in [0.15, 0.2) is 12.7 Å². The summed E-state index contributed by atoms with van der Waals surface area (Å²) in [5, 5.41) is 2.86. The van der Waals surface area contributed by atoms with Crippen LogP contribution in [0.1, 0.15) is 5.56 Å². The molecule has 0 aliphatic carbocycles. The van der Waals surface area contributed by atoms with Crippen molar-refractivity contribution in [1.82, 2.24) is 5.32 Å². The van der Waals surface area contributed by atoms with Gasteiger partial charge in [0.05, 0.1) is 17.1 Å². The van der Waals surface area contributed by atoms with Crippen LogP contribution in [0, 0.1) is 0 Å². The number of nitrogens with one attached hydrogen (secondary N) is 2. The molecule has 0 saturated carbocycles. The second-order valence-electron chi connectivity index (χ2n) is 9.15. The molecule has 11 heteroatoms. The third kappa shape index (κ3) is 7.05. The molecule has 0 spiro atoms. The minimum atomic E-state index is -3.81. The van der Waals surface area contributed by atoms with E-state index in [1.54, 1.807) is 48.5 Å². The van der Waals surface area contributed by atoms with Crippen LogP contribution in [0.2, 0.25) is 0 Å². The van der Waals surface area contributed by atoms with Crippen LogP contribution in [0.5, 0.6) is 11.5 Å². The van der Waals surface area contributed by atoms with Crippen molar-refractivity contribution >= 4 is 49.1 Å². The highest BCUT2D eigenvalue weighted by Gasteiger charge is 2.33. The van der Waals surface area contributed by atoms with E-state index in [1.165, 1.54) is 29.2 Å². The minimum Gasteiger partial charge on any atom is -0.484 e. The number of sulfonamides is 1. The van der Waals surface area contributed by atoms with Crippen molar-refractivity contribution in [2.45, 2.75) is 17.5 Å². The van der Waals surface area contributed by atoms with Gasteiger partial charge in [0.25, 0.3) is 21.8 Å². The van der Waals surface area contributed by atoms with Crippen LogP contribution in [0.4, 0.5) is 11.4 Å². The summed E-state index contributed by atoms with van der Waals surface area (Å²) >= 11 is 3.32. The van der Waals surface area contributed by atoms with Gasteiger partial charge in [-0.1, -0.05) is 58.4 Å². The zero-order valence-electron chi connectivity index (χ0n) is 21.7. The lowest BCUT2D eigenvalue weighted by molar-refractivity contribution is -0.128. The fraction of sp³-hybridized carbons (Fsp3) is 0.133. The molecule has 1 aliphatic heterocycles. The molecule has 9 nitrogen and oxygen atoms in total. The molecule has 0 radical (unpaired) electrons. The van der Waals surface area contributed by atoms with Gasteiger partial charge in [0.1, 0.15) is 11.5 Å². The van der Waals surface area contributed by atoms with Gasteiger partial charge < -0.3 is 19.7 Å². The van der Waals surface area contributed by atoms with Crippen molar-refractivity contribution in [3.63, 3.8) is 0 Å². The zero-order chi connectivity index (χ0) is 28.8. The van der Waals surface area contributed by atoms with Crippen molar-refractivity contribution in [2.75, 3.05) is 22.8 Å². The van der Waals surface area contributed by atoms with Gasteiger partial charge in [-0.2, -0.15) is 0 Å². The minimum absolute atomic E-state index is 0.0126. The Hall–Kier alpha value is -4.35. The monoisotopic (exact) mass is 635 g/mol. The summed E-state index contributed by atoms with van der Waals surface area (Å²) in [5.41, 5.74) is 1.91. The Morgan fingerprint density at radius 2 is 1.59 bits per heavy atom. The first-order valence-electron chi connectivity index (χ1n) is 12.7. The lowest BCUT2D eigenvalue weighted by Gasteiger charge is -2.34. The first-order chi connectivity index (χ1) is 19.8. The van der Waals surface area contributed by atoms with E-state index >= 15 is 0 Å². The summed E-state index contributed by atoms with van der Waals surface area (Å²) in [6.07, 6.45) is -0.903. The summed E-state index contributed by atoms with van der Waals surface area (Å²) in [4.78, 5) is 27.7. The largest absolute Gasteiger partial charge is 0.484 e. The predicted octanol–water partition coefficient (Wildman–Crippen LogP) is 4.74. The highest BCUT2D eigenvalue weighted by Crippen LogP contribution is 2.33. The number of ether oxygens (including phenoxy) is 2. The highest BCUT2D eigenvalue weighted by molar-refractivity contribution is 9.10. The summed E-state index contributed by atoms with van der Waals surface area (Å²) in [5.74, 6) is 0.0188. The molecule has 4 aromatic carbocycles. The van der Waals surface area contributed by atoms with Gasteiger partial charge >= 0.3 is 0 Å². The van der Waals surface area contributed by atoms with Gasteiger partial charge in [-0.05, 0) is 66.2 Å². The van der Waals surface area contributed by atoms with E-state index in [0.717, 1.165) is 10.0 Å². The molecule has 0 saturated heterocycles. The summed E-state index contributed by atoms with van der Waals surface area (Å²) in [6, 6.07) is 29.0. The van der Waals surface area contributed by atoms with Gasteiger partial charge in [-0.3, -0.25) is 14.3 Å². The molecular weight excluding hydrogens is 610 g/mol. The van der Waals surface area contributed by atoms with Gasteiger partial charge in [0.2, 0.25) is 0 Å². The number of rotatable bonds is 9. The normalized spacial score (nSPS) is 14.4. The van der Waals surface area contributed by atoms with E-state index in [0.29, 0.717) is 29.4 Å². The number of carbonyl (C=O) groups is 2. The van der Waals surface area contributed by atoms with E-state index in [4.69, 9.17) is 9.47 Å². The number of nitrogens with zero attached hydrogens (tertiary/aromatic N) is 1. The molecule has 0 bridgehead atoms. The molecule has 1 atom stereocenters. The number of anilines is 2. The quantitative estimate of drug-likeness (QED) is 0.275. The fourth-order valence-corrected chi connectivity index (χ4v) is 5.50. The van der Waals surface area contributed by atoms with Crippen molar-refractivity contribution in [3.05, 3.63) is 113 Å². The number of carbonyl (C=O) groups excluding carboxylic acids is 2. The van der Waals surface area contributed by atoms with E-state index in [-0.39, 0.29) is 29.9 Å². The van der Waals surface area contributed by atoms with Crippen LogP contribution in [0.3, 0.4) is 0 Å². The number of fused-ring (bicyclic) bond motifs is 1. The van der Waals surface area contributed by atoms with Crippen molar-refractivity contribution in [2.24, 2.45) is 0 Å². The topological polar surface area (TPSA) is 114 Å². The summed E-state index contributed by atoms with van der Waals surface area (Å²) in [6.45, 7) is 0.0251. The Balaban J connectivity index is 1.21. The molecule has 0 aromatic heterocycles. The van der Waals surface area contributed by atoms with Gasteiger partial charge in [-0.25, -0.2) is 8.42 Å². The van der Waals surface area contributed by atoms with Crippen molar-refractivity contribution < 1.29 is 27.5 Å². The standard InChI is InChI=1S/C30H26BrN3O6S/c31-22-10-12-23(13-11-22)33-41(37,38)25-16-14-24(15-17-25)39-20-29(35)34-19-28(40-27-9-5-4-8-26(27)34)30(36)32-18-21-6-2-1-3-7-21/h1-17,28,33H,18-20H2,(H,32,36). The van der Waals surface area contributed by atoms with Gasteiger partial charge in [-0.15, -0.1) is 0 Å². The van der Waals surface area contributed by atoms with Crippen LogP contribution >= 0.6 is 15.9 Å². The Kier molecular flexibility index (Phi) is 8.55. The zero-order valence-corrected chi connectivity index (χ0v) is 24.1. The summed E-state index contributed by atoms with van der Waals surface area (Å²) < 4.78 is 40.4. The molecule has 5 rings (SSSR count). The first-order valence-corrected chi connectivity index (χ1v) is 14.9. The number of hydrogen-bond acceptors (Lipinski definition) is 6. The predicted molar refractivity (Wildman–Crippen MR) is 158 cm³/mol. The third-order valence-corrected chi connectivity index (χ3v) is 8.20. The first kappa shape index (κ1) is 28.2. The molecule has 2 N–H and O–H groups in total. The maximum absolute atomic E-state index is 13.2. The second-order valence-corrected chi connectivity index (χ2v) is 11.8. The van der Waals surface area contributed by atoms with E-state index in [2.05, 4.69) is 26.0 Å². The number of benzene rings is 4. The number of hydrogen-bond donors (Lipinski definition) is 2. The van der Waals surface area contributed by atoms with Crippen molar-refractivity contribution in [3.8, 4) is 11.5 Å². The van der Waals surface area contributed by atoms with Crippen LogP contribution in [0.25, 0.3) is 0 Å². The molecular formula is C30H26BrN3O6S. The maximum Gasteiger partial charge on any atom is 0.265 e. The number of para-hydroxylation sites is 2. The lowest BCUT2D eigenvalue weighted by Crippen LogP contribution is -2.51. The Labute approximate surface area is 246 Å². The highest BCUT2D eigenvalue weighted by atomic mass is 79.9. The second kappa shape index (κ2) is 12.4. The van der Waals surface area contributed by atoms with Crippen LogP contribution in [-0.4, -0.2) is 39.5 Å².